The van der Waals surface area contributed by atoms with Crippen molar-refractivity contribution in [1.29, 1.82) is 0 Å². The number of urea groups is 1. The third-order valence-electron chi connectivity index (χ3n) is 2.41. The van der Waals surface area contributed by atoms with Crippen molar-refractivity contribution in [2.45, 2.75) is 5.92 Å². The molecule has 0 aliphatic heterocycles. The minimum atomic E-state index is -0.976. The lowest BCUT2D eigenvalue weighted by molar-refractivity contribution is -0.138. The van der Waals surface area contributed by atoms with Gasteiger partial charge in [0.25, 0.3) is 0 Å². The minimum Gasteiger partial charge on any atom is -0.481 e. The molecule has 0 fully saturated rings. The fraction of sp³-hybridized carbons (Fsp3) is 0.231. The van der Waals surface area contributed by atoms with E-state index in [9.17, 15) is 9.59 Å². The van der Waals surface area contributed by atoms with Gasteiger partial charge in [-0.05, 0) is 5.56 Å². The highest BCUT2D eigenvalue weighted by atomic mass is 79.9. The molecule has 6 heteroatoms. The van der Waals surface area contributed by atoms with Crippen LogP contribution in [0.4, 0.5) is 4.79 Å². The van der Waals surface area contributed by atoms with Crippen LogP contribution in [0.15, 0.2) is 41.4 Å². The highest BCUT2D eigenvalue weighted by Gasteiger charge is 2.20. The topological polar surface area (TPSA) is 78.4 Å². The number of carboxylic acid groups (broad SMARTS) is 1. The number of carbonyl (C=O) groups is 2. The molecule has 102 valence electrons. The van der Waals surface area contributed by atoms with Crippen molar-refractivity contribution >= 4 is 27.9 Å². The number of amides is 2. The molecule has 1 aromatic rings. The number of halogens is 1. The summed E-state index contributed by atoms with van der Waals surface area (Å²) in [6.45, 7) is 3.89. The standard InChI is InChI=1S/C13H15BrN2O3/c1-9(14)7-15-13(19)16-8-11(12(17)18)10-5-3-2-4-6-10/h2-6,11H,1,7-8H2,(H,17,18)(H2,15,16,19). The molecule has 1 atom stereocenters. The van der Waals surface area contributed by atoms with Gasteiger partial charge in [-0.2, -0.15) is 0 Å². The van der Waals surface area contributed by atoms with E-state index in [2.05, 4.69) is 33.1 Å². The monoisotopic (exact) mass is 326 g/mol. The first-order chi connectivity index (χ1) is 9.00. The fourth-order valence-electron chi connectivity index (χ4n) is 1.47. The van der Waals surface area contributed by atoms with Crippen molar-refractivity contribution in [2.75, 3.05) is 13.1 Å². The lowest BCUT2D eigenvalue weighted by Crippen LogP contribution is -2.39. The van der Waals surface area contributed by atoms with Crippen LogP contribution in [-0.4, -0.2) is 30.2 Å². The molecule has 0 spiro atoms. The number of carbonyl (C=O) groups excluding carboxylic acids is 1. The molecule has 0 heterocycles. The van der Waals surface area contributed by atoms with Gasteiger partial charge in [0.05, 0.1) is 12.5 Å². The molecule has 5 nitrogen and oxygen atoms in total. The SMILES string of the molecule is C=C(Br)CNC(=O)NCC(C(=O)O)c1ccccc1. The van der Waals surface area contributed by atoms with Crippen LogP contribution >= 0.6 is 15.9 Å². The van der Waals surface area contributed by atoms with E-state index in [0.29, 0.717) is 10.0 Å². The third kappa shape index (κ3) is 5.56. The van der Waals surface area contributed by atoms with E-state index in [-0.39, 0.29) is 13.1 Å². The number of hydrogen-bond donors (Lipinski definition) is 3. The smallest absolute Gasteiger partial charge is 0.315 e. The molecule has 0 bridgehead atoms. The Morgan fingerprint density at radius 2 is 1.89 bits per heavy atom. The van der Waals surface area contributed by atoms with Gasteiger partial charge in [0, 0.05) is 11.0 Å². The molecule has 0 saturated heterocycles. The molecule has 0 radical (unpaired) electrons. The number of aliphatic carboxylic acids is 1. The molecule has 0 aromatic heterocycles. The zero-order valence-corrected chi connectivity index (χ0v) is 11.8. The Hall–Kier alpha value is -1.82. The molecule has 1 rings (SSSR count). The first-order valence-corrected chi connectivity index (χ1v) is 6.42. The molecule has 1 aromatic carbocycles. The summed E-state index contributed by atoms with van der Waals surface area (Å²) in [4.78, 5) is 22.6. The normalized spacial score (nSPS) is 11.4. The van der Waals surface area contributed by atoms with Crippen molar-refractivity contribution in [3.63, 3.8) is 0 Å². The van der Waals surface area contributed by atoms with Crippen molar-refractivity contribution in [3.05, 3.63) is 47.0 Å². The number of carboxylic acids is 1. The van der Waals surface area contributed by atoms with Gasteiger partial charge in [0.1, 0.15) is 0 Å². The van der Waals surface area contributed by atoms with Gasteiger partial charge in [0.2, 0.25) is 0 Å². The van der Waals surface area contributed by atoms with Crippen molar-refractivity contribution in [2.24, 2.45) is 0 Å². The fourth-order valence-corrected chi connectivity index (χ4v) is 1.61. The van der Waals surface area contributed by atoms with Gasteiger partial charge >= 0.3 is 12.0 Å². The Bertz CT molecular complexity index is 462. The molecule has 0 aliphatic rings. The van der Waals surface area contributed by atoms with E-state index in [1.165, 1.54) is 0 Å². The predicted molar refractivity (Wildman–Crippen MR) is 76.3 cm³/mol. The summed E-state index contributed by atoms with van der Waals surface area (Å²) < 4.78 is 0.639. The maximum atomic E-state index is 11.4. The van der Waals surface area contributed by atoms with Crippen LogP contribution in [0, 0.1) is 0 Å². The Kier molecular flexibility index (Phi) is 6.08. The largest absolute Gasteiger partial charge is 0.481 e. The average Bonchev–Trinajstić information content (AvgIpc) is 2.37. The van der Waals surface area contributed by atoms with Crippen LogP contribution in [0.3, 0.4) is 0 Å². The summed E-state index contributed by atoms with van der Waals surface area (Å²) in [6, 6.07) is 8.35. The van der Waals surface area contributed by atoms with E-state index in [1.807, 2.05) is 6.07 Å². The Morgan fingerprint density at radius 1 is 1.26 bits per heavy atom. The van der Waals surface area contributed by atoms with Crippen LogP contribution in [0.25, 0.3) is 0 Å². The van der Waals surface area contributed by atoms with Crippen LogP contribution in [0.5, 0.6) is 0 Å². The summed E-state index contributed by atoms with van der Waals surface area (Å²) in [5, 5.41) is 14.2. The zero-order chi connectivity index (χ0) is 14.3. The minimum absolute atomic E-state index is 0.0277. The molecule has 2 amide bonds. The number of rotatable bonds is 6. The van der Waals surface area contributed by atoms with Gasteiger partial charge in [-0.3, -0.25) is 4.79 Å². The highest BCUT2D eigenvalue weighted by Crippen LogP contribution is 2.14. The summed E-state index contributed by atoms with van der Waals surface area (Å²) >= 11 is 3.11. The molecule has 19 heavy (non-hydrogen) atoms. The molecule has 0 aliphatic carbocycles. The summed E-state index contributed by atoms with van der Waals surface area (Å²) in [7, 11) is 0. The lowest BCUT2D eigenvalue weighted by Gasteiger charge is -2.14. The van der Waals surface area contributed by atoms with E-state index >= 15 is 0 Å². The molecular weight excluding hydrogens is 312 g/mol. The van der Waals surface area contributed by atoms with Crippen LogP contribution < -0.4 is 10.6 Å². The predicted octanol–water partition coefficient (Wildman–Crippen LogP) is 2.06. The second kappa shape index (κ2) is 7.58. The maximum absolute atomic E-state index is 11.4. The second-order valence-electron chi connectivity index (χ2n) is 3.88. The highest BCUT2D eigenvalue weighted by molar-refractivity contribution is 9.11. The van der Waals surface area contributed by atoms with Gasteiger partial charge in [-0.1, -0.05) is 52.8 Å². The Morgan fingerprint density at radius 3 is 2.42 bits per heavy atom. The van der Waals surface area contributed by atoms with Gasteiger partial charge in [-0.25, -0.2) is 4.79 Å². The number of hydrogen-bond acceptors (Lipinski definition) is 2. The molecule has 1 unspecified atom stereocenters. The van der Waals surface area contributed by atoms with E-state index < -0.39 is 17.9 Å². The number of nitrogens with one attached hydrogen (secondary N) is 2. The molecule has 3 N–H and O–H groups in total. The van der Waals surface area contributed by atoms with Crippen LogP contribution in [0.1, 0.15) is 11.5 Å². The van der Waals surface area contributed by atoms with Crippen molar-refractivity contribution in [1.82, 2.24) is 10.6 Å². The van der Waals surface area contributed by atoms with Gasteiger partial charge < -0.3 is 15.7 Å². The van der Waals surface area contributed by atoms with Crippen LogP contribution in [-0.2, 0) is 4.79 Å². The van der Waals surface area contributed by atoms with Gasteiger partial charge in [-0.15, -0.1) is 0 Å². The number of benzene rings is 1. The first-order valence-electron chi connectivity index (χ1n) is 5.63. The lowest BCUT2D eigenvalue weighted by atomic mass is 9.99. The van der Waals surface area contributed by atoms with Crippen molar-refractivity contribution < 1.29 is 14.7 Å². The Balaban J connectivity index is 2.54. The average molecular weight is 327 g/mol. The zero-order valence-electron chi connectivity index (χ0n) is 10.2. The second-order valence-corrected chi connectivity index (χ2v) is 5.00. The summed E-state index contributed by atoms with van der Waals surface area (Å²) in [6.07, 6.45) is 0. The molecule has 0 saturated carbocycles. The van der Waals surface area contributed by atoms with Crippen molar-refractivity contribution in [3.8, 4) is 0 Å². The van der Waals surface area contributed by atoms with Gasteiger partial charge in [0.15, 0.2) is 0 Å². The molecular formula is C13H15BrN2O3. The quantitative estimate of drug-likeness (QED) is 0.748. The maximum Gasteiger partial charge on any atom is 0.315 e. The van der Waals surface area contributed by atoms with Crippen LogP contribution in [0.2, 0.25) is 0 Å². The Labute approximate surface area is 119 Å². The summed E-state index contributed by atoms with van der Waals surface area (Å²) in [5.74, 6) is -1.74. The first kappa shape index (κ1) is 15.2. The van der Waals surface area contributed by atoms with E-state index in [0.717, 1.165) is 0 Å². The summed E-state index contributed by atoms with van der Waals surface area (Å²) in [5.41, 5.74) is 0.653. The van der Waals surface area contributed by atoms with E-state index in [1.54, 1.807) is 24.3 Å². The van der Waals surface area contributed by atoms with E-state index in [4.69, 9.17) is 5.11 Å². The third-order valence-corrected chi connectivity index (χ3v) is 2.69.